The molecule has 2 aliphatic carbocycles. The highest BCUT2D eigenvalue weighted by Gasteiger charge is 2.58. The van der Waals surface area contributed by atoms with Gasteiger partial charge in [-0.2, -0.15) is 0 Å². The van der Waals surface area contributed by atoms with E-state index in [-0.39, 0.29) is 47.2 Å². The predicted molar refractivity (Wildman–Crippen MR) is 130 cm³/mol. The van der Waals surface area contributed by atoms with Crippen LogP contribution in [0.4, 0.5) is 15.6 Å². The van der Waals surface area contributed by atoms with E-state index in [9.17, 15) is 9.59 Å². The van der Waals surface area contributed by atoms with Crippen molar-refractivity contribution in [1.82, 2.24) is 4.98 Å². The molecule has 1 saturated carbocycles. The summed E-state index contributed by atoms with van der Waals surface area (Å²) in [5.74, 6) is 1.75. The zero-order valence-electron chi connectivity index (χ0n) is 20.1. The van der Waals surface area contributed by atoms with E-state index in [0.29, 0.717) is 22.3 Å². The Bertz CT molecular complexity index is 1110. The first kappa shape index (κ1) is 23.0. The second-order valence-corrected chi connectivity index (χ2v) is 11.1. The Balaban J connectivity index is 1.34. The van der Waals surface area contributed by atoms with Gasteiger partial charge in [0.15, 0.2) is 5.13 Å². The summed E-state index contributed by atoms with van der Waals surface area (Å²) in [6, 6.07) is 4.81. The minimum absolute atomic E-state index is 0.0326. The van der Waals surface area contributed by atoms with Crippen LogP contribution >= 0.6 is 11.3 Å². The minimum atomic E-state index is -0.378. The Hall–Kier alpha value is -2.81. The second kappa shape index (κ2) is 8.45. The van der Waals surface area contributed by atoms with E-state index in [0.717, 1.165) is 25.0 Å². The lowest BCUT2D eigenvalue weighted by Crippen LogP contribution is -2.50. The van der Waals surface area contributed by atoms with Crippen molar-refractivity contribution in [3.63, 3.8) is 0 Å². The van der Waals surface area contributed by atoms with Crippen LogP contribution in [0.1, 0.15) is 50.1 Å². The molecule has 0 spiro atoms. The highest BCUT2D eigenvalue weighted by atomic mass is 32.1. The lowest BCUT2D eigenvalue weighted by Gasteiger charge is -2.51. The number of rotatable bonds is 4. The Kier molecular flexibility index (Phi) is 5.70. The molecule has 6 atom stereocenters. The number of methoxy groups -OCH3 is 2. The Morgan fingerprint density at radius 3 is 2.53 bits per heavy atom. The summed E-state index contributed by atoms with van der Waals surface area (Å²) in [6.07, 6.45) is 2.93. The van der Waals surface area contributed by atoms with E-state index in [1.165, 1.54) is 16.2 Å². The fourth-order valence-electron chi connectivity index (χ4n) is 6.27. The van der Waals surface area contributed by atoms with Crippen LogP contribution in [0.5, 0.6) is 11.5 Å². The molecule has 0 unspecified atom stereocenters. The molecule has 0 bridgehead atoms. The zero-order chi connectivity index (χ0) is 24.2. The molecule has 0 radical (unpaired) electrons. The van der Waals surface area contributed by atoms with E-state index in [4.69, 9.17) is 19.2 Å². The van der Waals surface area contributed by atoms with Crippen molar-refractivity contribution in [3.05, 3.63) is 28.8 Å². The third kappa shape index (κ3) is 3.79. The summed E-state index contributed by atoms with van der Waals surface area (Å²) in [5.41, 5.74) is 1.63. The normalized spacial score (nSPS) is 31.6. The number of thiazole rings is 1. The minimum Gasteiger partial charge on any atom is -0.497 e. The van der Waals surface area contributed by atoms with Crippen LogP contribution in [-0.4, -0.2) is 37.3 Å². The molecule has 2 N–H and O–H groups in total. The van der Waals surface area contributed by atoms with Crippen LogP contribution in [0.15, 0.2) is 18.2 Å². The van der Waals surface area contributed by atoms with Gasteiger partial charge in [-0.05, 0) is 24.7 Å². The number of fused-ring (bicyclic) bond motifs is 4. The average Bonchev–Trinajstić information content (AvgIpc) is 3.32. The van der Waals surface area contributed by atoms with Gasteiger partial charge in [-0.1, -0.05) is 20.8 Å². The van der Waals surface area contributed by atoms with E-state index >= 15 is 0 Å². The molecule has 2 heterocycles. The maximum atomic E-state index is 12.7. The van der Waals surface area contributed by atoms with E-state index < -0.39 is 0 Å². The molecule has 2 amide bonds. The molecule has 2 aromatic rings. The van der Waals surface area contributed by atoms with E-state index in [1.807, 2.05) is 6.92 Å². The van der Waals surface area contributed by atoms with Gasteiger partial charge in [0.05, 0.1) is 25.8 Å². The molecule has 1 aromatic carbocycles. The van der Waals surface area contributed by atoms with Gasteiger partial charge in [0.25, 0.3) is 0 Å². The number of ether oxygens (including phenoxy) is 3. The van der Waals surface area contributed by atoms with Gasteiger partial charge in [-0.25, -0.2) is 9.78 Å². The number of carbonyl (C=O) groups excluding carboxylic acids is 2. The van der Waals surface area contributed by atoms with E-state index in [2.05, 4.69) is 24.5 Å². The van der Waals surface area contributed by atoms with Gasteiger partial charge in [0, 0.05) is 46.5 Å². The number of esters is 1. The third-order valence-electron chi connectivity index (χ3n) is 7.99. The Morgan fingerprint density at radius 1 is 1.15 bits per heavy atom. The van der Waals surface area contributed by atoms with Gasteiger partial charge in [-0.15, -0.1) is 11.3 Å². The van der Waals surface area contributed by atoms with Crippen LogP contribution in [0.2, 0.25) is 0 Å². The van der Waals surface area contributed by atoms with Gasteiger partial charge in [-0.3, -0.25) is 10.1 Å². The number of urea groups is 1. The molecule has 3 aliphatic rings. The van der Waals surface area contributed by atoms with Gasteiger partial charge >= 0.3 is 12.0 Å². The SMILES string of the molecule is COc1cc(NC(=O)Nc2nc3c(s2)C[C@]2(C)CC[C@@H]4[C@H](OC(=O)[C@H]4C)[C@H]2[C@@H]3C)cc(OC)c1. The standard InChI is InChI=1S/C25H31N3O5S/c1-12-17-6-7-25(3)11-18-20(13(2)19(25)21(17)33-22(12)29)27-24(34-18)28-23(30)26-14-8-15(31-4)10-16(9-14)32-5/h8-10,12-13,17,19,21H,6-7,11H2,1-5H3,(H2,26,27,28,30)/t12-,13-,17-,19+,21-,25-/m0/s1. The highest BCUT2D eigenvalue weighted by molar-refractivity contribution is 7.15. The number of benzene rings is 1. The summed E-state index contributed by atoms with van der Waals surface area (Å²) in [6.45, 7) is 6.50. The first-order valence-electron chi connectivity index (χ1n) is 11.7. The van der Waals surface area contributed by atoms with Crippen molar-refractivity contribution >= 4 is 34.2 Å². The summed E-state index contributed by atoms with van der Waals surface area (Å²) in [4.78, 5) is 31.1. The summed E-state index contributed by atoms with van der Waals surface area (Å²) < 4.78 is 16.4. The van der Waals surface area contributed by atoms with Gasteiger partial charge < -0.3 is 19.5 Å². The van der Waals surface area contributed by atoms with Crippen molar-refractivity contribution in [2.75, 3.05) is 24.9 Å². The van der Waals surface area contributed by atoms with Gasteiger partial charge in [0.1, 0.15) is 17.6 Å². The fraction of sp³-hybridized carbons (Fsp3) is 0.560. The Morgan fingerprint density at radius 2 is 1.85 bits per heavy atom. The van der Waals surface area contributed by atoms with Crippen LogP contribution in [0.3, 0.4) is 0 Å². The molecular formula is C25H31N3O5S. The summed E-state index contributed by atoms with van der Waals surface area (Å²) >= 11 is 1.53. The maximum Gasteiger partial charge on any atom is 0.325 e. The number of carbonyl (C=O) groups is 2. The van der Waals surface area contributed by atoms with Crippen molar-refractivity contribution in [2.45, 2.75) is 52.1 Å². The quantitative estimate of drug-likeness (QED) is 0.588. The molecule has 1 aromatic heterocycles. The topological polar surface area (TPSA) is 98.8 Å². The Labute approximate surface area is 203 Å². The van der Waals surface area contributed by atoms with Crippen LogP contribution < -0.4 is 20.1 Å². The first-order valence-corrected chi connectivity index (χ1v) is 12.5. The molecule has 34 heavy (non-hydrogen) atoms. The van der Waals surface area contributed by atoms with Crippen molar-refractivity contribution in [1.29, 1.82) is 0 Å². The number of amides is 2. The highest BCUT2D eigenvalue weighted by Crippen LogP contribution is 2.59. The smallest absolute Gasteiger partial charge is 0.325 e. The molecule has 9 heteroatoms. The first-order chi connectivity index (χ1) is 16.2. The van der Waals surface area contributed by atoms with Crippen LogP contribution in [0.25, 0.3) is 0 Å². The number of hydrogen-bond acceptors (Lipinski definition) is 7. The zero-order valence-corrected chi connectivity index (χ0v) is 21.0. The molecule has 5 rings (SSSR count). The van der Waals surface area contributed by atoms with Gasteiger partial charge in [0.2, 0.25) is 0 Å². The number of anilines is 2. The number of hydrogen-bond donors (Lipinski definition) is 2. The van der Waals surface area contributed by atoms with E-state index in [1.54, 1.807) is 32.4 Å². The third-order valence-corrected chi connectivity index (χ3v) is 8.97. The monoisotopic (exact) mass is 485 g/mol. The molecule has 2 fully saturated rings. The number of nitrogens with one attached hydrogen (secondary N) is 2. The summed E-state index contributed by atoms with van der Waals surface area (Å²) in [5, 5.41) is 6.28. The largest absolute Gasteiger partial charge is 0.497 e. The van der Waals surface area contributed by atoms with Crippen LogP contribution in [0, 0.1) is 23.2 Å². The molecule has 182 valence electrons. The number of nitrogens with zero attached hydrogens (tertiary/aromatic N) is 1. The van der Waals surface area contributed by atoms with Crippen LogP contribution in [-0.2, 0) is 16.0 Å². The lowest BCUT2D eigenvalue weighted by atomic mass is 9.54. The maximum absolute atomic E-state index is 12.7. The van der Waals surface area contributed by atoms with Crippen molar-refractivity contribution in [3.8, 4) is 11.5 Å². The molecule has 1 saturated heterocycles. The fourth-order valence-corrected chi connectivity index (χ4v) is 7.53. The lowest BCUT2D eigenvalue weighted by molar-refractivity contribution is -0.149. The van der Waals surface area contributed by atoms with Crippen molar-refractivity contribution in [2.24, 2.45) is 23.2 Å². The second-order valence-electron chi connectivity index (χ2n) is 10.0. The van der Waals surface area contributed by atoms with Crippen molar-refractivity contribution < 1.29 is 23.8 Å². The predicted octanol–water partition coefficient (Wildman–Crippen LogP) is 5.06. The molecular weight excluding hydrogens is 454 g/mol. The summed E-state index contributed by atoms with van der Waals surface area (Å²) in [7, 11) is 3.13. The average molecular weight is 486 g/mol. The molecule has 8 nitrogen and oxygen atoms in total. The molecule has 1 aliphatic heterocycles. The number of aromatic nitrogens is 1.